The molecule has 1 saturated heterocycles. The van der Waals surface area contributed by atoms with Gasteiger partial charge in [0, 0.05) is 19.6 Å². The zero-order valence-electron chi connectivity index (χ0n) is 12.2. The number of benzene rings is 1. The maximum Gasteiger partial charge on any atom is 0.243 e. The number of aryl methyl sites for hydroxylation is 1. The van der Waals surface area contributed by atoms with Gasteiger partial charge >= 0.3 is 0 Å². The van der Waals surface area contributed by atoms with Crippen molar-refractivity contribution < 1.29 is 13.2 Å². The number of hydrogen-bond donors (Lipinski definition) is 1. The minimum Gasteiger partial charge on any atom is -0.497 e. The van der Waals surface area contributed by atoms with E-state index in [1.807, 2.05) is 0 Å². The van der Waals surface area contributed by atoms with Crippen molar-refractivity contribution in [2.75, 3.05) is 27.2 Å². The summed E-state index contributed by atoms with van der Waals surface area (Å²) in [7, 11) is -0.221. The maximum atomic E-state index is 12.7. The standard InChI is InChI=1S/C14H22N2O3S/c1-11-9-13(19-3)6-7-14(11)20(17,18)16(2)12-5-4-8-15-10-12/h6-7,9,12,15H,4-5,8,10H2,1-3H3. The van der Waals surface area contributed by atoms with Crippen LogP contribution in [0.15, 0.2) is 23.1 Å². The molecule has 1 aromatic carbocycles. The first-order valence-electron chi connectivity index (χ1n) is 6.80. The highest BCUT2D eigenvalue weighted by atomic mass is 32.2. The molecule has 112 valence electrons. The number of piperidine rings is 1. The molecule has 1 unspecified atom stereocenters. The van der Waals surface area contributed by atoms with Crippen molar-refractivity contribution in [2.45, 2.75) is 30.7 Å². The summed E-state index contributed by atoms with van der Waals surface area (Å²) in [6.45, 7) is 3.47. The van der Waals surface area contributed by atoms with Crippen molar-refractivity contribution in [2.24, 2.45) is 0 Å². The van der Waals surface area contributed by atoms with Crippen LogP contribution in [-0.4, -0.2) is 46.0 Å². The van der Waals surface area contributed by atoms with E-state index in [9.17, 15) is 8.42 Å². The van der Waals surface area contributed by atoms with Crippen LogP contribution in [0, 0.1) is 6.92 Å². The summed E-state index contributed by atoms with van der Waals surface area (Å²) in [5.74, 6) is 0.670. The topological polar surface area (TPSA) is 58.6 Å². The molecular formula is C14H22N2O3S. The van der Waals surface area contributed by atoms with E-state index in [1.54, 1.807) is 39.3 Å². The molecule has 0 bridgehead atoms. The molecule has 20 heavy (non-hydrogen) atoms. The smallest absolute Gasteiger partial charge is 0.243 e. The van der Waals surface area contributed by atoms with E-state index in [2.05, 4.69) is 5.32 Å². The van der Waals surface area contributed by atoms with Gasteiger partial charge in [0.15, 0.2) is 0 Å². The van der Waals surface area contributed by atoms with Gasteiger partial charge in [0.25, 0.3) is 0 Å². The number of ether oxygens (including phenoxy) is 1. The van der Waals surface area contributed by atoms with Gasteiger partial charge < -0.3 is 10.1 Å². The minimum absolute atomic E-state index is 0.0234. The Morgan fingerprint density at radius 1 is 1.40 bits per heavy atom. The number of nitrogens with zero attached hydrogens (tertiary/aromatic N) is 1. The summed E-state index contributed by atoms with van der Waals surface area (Å²) < 4.78 is 32.0. The first-order valence-corrected chi connectivity index (χ1v) is 8.24. The quantitative estimate of drug-likeness (QED) is 0.912. The molecule has 1 heterocycles. The summed E-state index contributed by atoms with van der Waals surface area (Å²) >= 11 is 0. The molecule has 6 heteroatoms. The van der Waals surface area contributed by atoms with Gasteiger partial charge in [-0.2, -0.15) is 4.31 Å². The van der Waals surface area contributed by atoms with Crippen molar-refractivity contribution >= 4 is 10.0 Å². The second-order valence-corrected chi connectivity index (χ2v) is 7.12. The first kappa shape index (κ1) is 15.3. The van der Waals surface area contributed by atoms with Crippen LogP contribution in [0.2, 0.25) is 0 Å². The third kappa shape index (κ3) is 2.97. The fourth-order valence-electron chi connectivity index (χ4n) is 2.53. The van der Waals surface area contributed by atoms with Crippen LogP contribution in [0.5, 0.6) is 5.75 Å². The van der Waals surface area contributed by atoms with E-state index in [4.69, 9.17) is 4.74 Å². The summed E-state index contributed by atoms with van der Waals surface area (Å²) in [6.07, 6.45) is 1.91. The zero-order valence-corrected chi connectivity index (χ0v) is 13.0. The van der Waals surface area contributed by atoms with Crippen molar-refractivity contribution in [3.05, 3.63) is 23.8 Å². The highest BCUT2D eigenvalue weighted by molar-refractivity contribution is 7.89. The molecule has 0 saturated carbocycles. The third-order valence-electron chi connectivity index (χ3n) is 3.82. The average molecular weight is 298 g/mol. The summed E-state index contributed by atoms with van der Waals surface area (Å²) in [5.41, 5.74) is 0.708. The fourth-order valence-corrected chi connectivity index (χ4v) is 4.12. The molecule has 5 nitrogen and oxygen atoms in total. The molecule has 1 atom stereocenters. The van der Waals surface area contributed by atoms with E-state index in [1.165, 1.54) is 4.31 Å². The molecule has 0 radical (unpaired) electrons. The summed E-state index contributed by atoms with van der Waals surface area (Å²) in [5, 5.41) is 3.25. The monoisotopic (exact) mass is 298 g/mol. The SMILES string of the molecule is COc1ccc(S(=O)(=O)N(C)C2CCCNC2)c(C)c1. The molecular weight excluding hydrogens is 276 g/mol. The molecule has 1 aliphatic rings. The maximum absolute atomic E-state index is 12.7. The predicted molar refractivity (Wildman–Crippen MR) is 78.6 cm³/mol. The number of methoxy groups -OCH3 is 1. The van der Waals surface area contributed by atoms with Crippen LogP contribution < -0.4 is 10.1 Å². The van der Waals surface area contributed by atoms with E-state index in [-0.39, 0.29) is 6.04 Å². The Kier molecular flexibility index (Phi) is 4.67. The van der Waals surface area contributed by atoms with E-state index in [0.717, 1.165) is 19.4 Å². The van der Waals surface area contributed by atoms with Gasteiger partial charge in [-0.05, 0) is 50.1 Å². The van der Waals surface area contributed by atoms with Crippen LogP contribution >= 0.6 is 0 Å². The highest BCUT2D eigenvalue weighted by Gasteiger charge is 2.30. The second kappa shape index (κ2) is 6.11. The third-order valence-corrected chi connectivity index (χ3v) is 5.89. The van der Waals surface area contributed by atoms with Crippen LogP contribution in [-0.2, 0) is 10.0 Å². The molecule has 1 fully saturated rings. The molecule has 0 aliphatic carbocycles. The largest absolute Gasteiger partial charge is 0.497 e. The van der Waals surface area contributed by atoms with Crippen LogP contribution in [0.1, 0.15) is 18.4 Å². The van der Waals surface area contributed by atoms with Crippen molar-refractivity contribution in [3.8, 4) is 5.75 Å². The summed E-state index contributed by atoms with van der Waals surface area (Å²) in [4.78, 5) is 0.353. The van der Waals surface area contributed by atoms with Crippen molar-refractivity contribution in [1.82, 2.24) is 9.62 Å². The van der Waals surface area contributed by atoms with Crippen molar-refractivity contribution in [3.63, 3.8) is 0 Å². The Balaban J connectivity index is 2.29. The molecule has 1 N–H and O–H groups in total. The molecule has 0 spiro atoms. The van der Waals surface area contributed by atoms with Gasteiger partial charge in [-0.1, -0.05) is 0 Å². The van der Waals surface area contributed by atoms with Crippen molar-refractivity contribution in [1.29, 1.82) is 0 Å². The fraction of sp³-hybridized carbons (Fsp3) is 0.571. The van der Waals surface area contributed by atoms with Crippen LogP contribution in [0.4, 0.5) is 0 Å². The lowest BCUT2D eigenvalue weighted by Gasteiger charge is -2.31. The highest BCUT2D eigenvalue weighted by Crippen LogP contribution is 2.25. The average Bonchev–Trinajstić information content (AvgIpc) is 2.46. The van der Waals surface area contributed by atoms with E-state index >= 15 is 0 Å². The number of hydrogen-bond acceptors (Lipinski definition) is 4. The van der Waals surface area contributed by atoms with Gasteiger partial charge in [0.1, 0.15) is 5.75 Å². The van der Waals surface area contributed by atoms with Crippen LogP contribution in [0.3, 0.4) is 0 Å². The lowest BCUT2D eigenvalue weighted by atomic mass is 10.1. The molecule has 0 aromatic heterocycles. The lowest BCUT2D eigenvalue weighted by molar-refractivity contribution is 0.300. The number of rotatable bonds is 4. The predicted octanol–water partition coefficient (Wildman–Crippen LogP) is 1.38. The van der Waals surface area contributed by atoms with Crippen LogP contribution in [0.25, 0.3) is 0 Å². The molecule has 1 aromatic rings. The first-order chi connectivity index (χ1) is 9.46. The summed E-state index contributed by atoms with van der Waals surface area (Å²) in [6, 6.07) is 5.08. The molecule has 2 rings (SSSR count). The Bertz CT molecular complexity index is 566. The number of nitrogens with one attached hydrogen (secondary N) is 1. The Labute approximate surface area is 121 Å². The van der Waals surface area contributed by atoms with Gasteiger partial charge in [0.05, 0.1) is 12.0 Å². The minimum atomic E-state index is -3.46. The lowest BCUT2D eigenvalue weighted by Crippen LogP contribution is -2.46. The second-order valence-electron chi connectivity index (χ2n) is 5.15. The normalized spacial score (nSPS) is 20.1. The zero-order chi connectivity index (χ0) is 14.8. The van der Waals surface area contributed by atoms with Gasteiger partial charge in [-0.25, -0.2) is 8.42 Å². The number of sulfonamides is 1. The number of likely N-dealkylation sites (N-methyl/N-ethyl adjacent to an activating group) is 1. The Hall–Kier alpha value is -1.11. The van der Waals surface area contributed by atoms with Gasteiger partial charge in [0.2, 0.25) is 10.0 Å². The van der Waals surface area contributed by atoms with E-state index in [0.29, 0.717) is 22.8 Å². The molecule has 0 amide bonds. The van der Waals surface area contributed by atoms with Gasteiger partial charge in [-0.15, -0.1) is 0 Å². The van der Waals surface area contributed by atoms with E-state index < -0.39 is 10.0 Å². The molecule has 1 aliphatic heterocycles. The Morgan fingerprint density at radius 2 is 2.15 bits per heavy atom. The Morgan fingerprint density at radius 3 is 2.70 bits per heavy atom. The van der Waals surface area contributed by atoms with Gasteiger partial charge in [-0.3, -0.25) is 0 Å².